The molecule has 3 rings (SSSR count). The number of thioether (sulfide) groups is 1. The van der Waals surface area contributed by atoms with Gasteiger partial charge in [-0.05, 0) is 45.4 Å². The quantitative estimate of drug-likeness (QED) is 0.767. The molecule has 24 heavy (non-hydrogen) atoms. The van der Waals surface area contributed by atoms with Crippen molar-refractivity contribution in [3.05, 3.63) is 5.82 Å². The van der Waals surface area contributed by atoms with Gasteiger partial charge in [-0.2, -0.15) is 5.26 Å². The first kappa shape index (κ1) is 17.3. The number of rotatable bonds is 7. The Morgan fingerprint density at radius 2 is 2.00 bits per heavy atom. The molecule has 0 radical (unpaired) electrons. The fourth-order valence-electron chi connectivity index (χ4n) is 2.54. The molecule has 1 N–H and O–H groups in total. The minimum atomic E-state index is -0.852. The van der Waals surface area contributed by atoms with Crippen LogP contribution in [0, 0.1) is 17.2 Å². The normalized spacial score (nSPS) is 21.2. The highest BCUT2D eigenvalue weighted by atomic mass is 32.2. The van der Waals surface area contributed by atoms with E-state index >= 15 is 0 Å². The van der Waals surface area contributed by atoms with Crippen LogP contribution in [0.5, 0.6) is 0 Å². The summed E-state index contributed by atoms with van der Waals surface area (Å²) in [5.74, 6) is 1.56. The van der Waals surface area contributed by atoms with E-state index in [4.69, 9.17) is 0 Å². The van der Waals surface area contributed by atoms with E-state index in [0.29, 0.717) is 12.0 Å². The SMILES string of the molecule is CC(C)[C@@](C)(C#N)NC(=O)[C@H](C)Sc1nnc(C2CC2)n1C1CC1. The molecule has 2 saturated carbocycles. The molecule has 0 bridgehead atoms. The van der Waals surface area contributed by atoms with Gasteiger partial charge in [-0.3, -0.25) is 4.79 Å². The fraction of sp³-hybridized carbons (Fsp3) is 0.765. The highest BCUT2D eigenvalue weighted by Crippen LogP contribution is 2.46. The van der Waals surface area contributed by atoms with Crippen LogP contribution in [0.4, 0.5) is 0 Å². The molecule has 0 unspecified atom stereocenters. The fourth-order valence-corrected chi connectivity index (χ4v) is 3.46. The van der Waals surface area contributed by atoms with E-state index in [1.54, 1.807) is 6.92 Å². The smallest absolute Gasteiger partial charge is 0.234 e. The molecule has 0 aliphatic heterocycles. The number of hydrogen-bond acceptors (Lipinski definition) is 5. The summed E-state index contributed by atoms with van der Waals surface area (Å²) in [6.07, 6.45) is 4.73. The van der Waals surface area contributed by atoms with Crippen LogP contribution in [0.1, 0.15) is 71.2 Å². The molecule has 2 fully saturated rings. The van der Waals surface area contributed by atoms with Gasteiger partial charge in [0.1, 0.15) is 11.4 Å². The van der Waals surface area contributed by atoms with Crippen LogP contribution in [0.25, 0.3) is 0 Å². The van der Waals surface area contributed by atoms with Gasteiger partial charge in [0.15, 0.2) is 5.16 Å². The maximum atomic E-state index is 12.5. The van der Waals surface area contributed by atoms with Crippen LogP contribution in [-0.2, 0) is 4.79 Å². The number of nitrogens with one attached hydrogen (secondary N) is 1. The minimum absolute atomic E-state index is 0.0419. The molecule has 1 aromatic heterocycles. The molecule has 1 aromatic rings. The van der Waals surface area contributed by atoms with Crippen molar-refractivity contribution in [1.29, 1.82) is 5.26 Å². The first-order chi connectivity index (χ1) is 11.4. The number of amides is 1. The maximum Gasteiger partial charge on any atom is 0.234 e. The van der Waals surface area contributed by atoms with Crippen LogP contribution >= 0.6 is 11.8 Å². The molecule has 0 spiro atoms. The van der Waals surface area contributed by atoms with E-state index in [-0.39, 0.29) is 17.1 Å². The van der Waals surface area contributed by atoms with Crippen LogP contribution in [0.3, 0.4) is 0 Å². The minimum Gasteiger partial charge on any atom is -0.337 e. The van der Waals surface area contributed by atoms with Gasteiger partial charge in [0.25, 0.3) is 0 Å². The van der Waals surface area contributed by atoms with Crippen LogP contribution in [0.15, 0.2) is 5.16 Å². The number of nitriles is 1. The van der Waals surface area contributed by atoms with E-state index in [0.717, 1.165) is 11.0 Å². The number of nitrogens with zero attached hydrogens (tertiary/aromatic N) is 4. The molecule has 130 valence electrons. The summed E-state index contributed by atoms with van der Waals surface area (Å²) in [6.45, 7) is 7.51. The third kappa shape index (κ3) is 3.44. The Hall–Kier alpha value is -1.55. The van der Waals surface area contributed by atoms with Crippen molar-refractivity contribution in [2.45, 2.75) is 81.3 Å². The van der Waals surface area contributed by atoms with E-state index in [1.165, 1.54) is 37.4 Å². The standard InChI is InChI=1S/C17H25N5OS/c1-10(2)17(4,9-18)19-15(23)11(3)24-16-21-20-14(12-5-6-12)22(16)13-7-8-13/h10-13H,5-8H2,1-4H3,(H,19,23)/t11-,17+/m0/s1. The second-order valence-electron chi connectivity index (χ2n) is 7.43. The average molecular weight is 347 g/mol. The Kier molecular flexibility index (Phi) is 4.60. The molecular weight excluding hydrogens is 322 g/mol. The van der Waals surface area contributed by atoms with Gasteiger partial charge in [0.05, 0.1) is 11.3 Å². The summed E-state index contributed by atoms with van der Waals surface area (Å²) in [4.78, 5) is 12.5. The van der Waals surface area contributed by atoms with Gasteiger partial charge in [-0.1, -0.05) is 25.6 Å². The summed E-state index contributed by atoms with van der Waals surface area (Å²) >= 11 is 1.44. The van der Waals surface area contributed by atoms with E-state index < -0.39 is 5.54 Å². The lowest BCUT2D eigenvalue weighted by molar-refractivity contribution is -0.121. The molecule has 2 aliphatic carbocycles. The zero-order valence-electron chi connectivity index (χ0n) is 14.7. The third-order valence-electron chi connectivity index (χ3n) is 4.97. The van der Waals surface area contributed by atoms with Gasteiger partial charge in [0.2, 0.25) is 5.91 Å². The van der Waals surface area contributed by atoms with Crippen molar-refractivity contribution in [3.8, 4) is 6.07 Å². The van der Waals surface area contributed by atoms with Crippen molar-refractivity contribution in [2.24, 2.45) is 5.92 Å². The molecule has 0 saturated heterocycles. The van der Waals surface area contributed by atoms with Gasteiger partial charge in [0, 0.05) is 12.0 Å². The van der Waals surface area contributed by atoms with E-state index in [1.807, 2.05) is 20.8 Å². The lowest BCUT2D eigenvalue weighted by Gasteiger charge is -2.28. The van der Waals surface area contributed by atoms with Crippen LogP contribution in [-0.4, -0.2) is 31.5 Å². The Labute approximate surface area is 147 Å². The monoisotopic (exact) mass is 347 g/mol. The molecule has 0 aromatic carbocycles. The largest absolute Gasteiger partial charge is 0.337 e. The summed E-state index contributed by atoms with van der Waals surface area (Å²) in [5.41, 5.74) is -0.852. The molecule has 6 nitrogen and oxygen atoms in total. The van der Waals surface area contributed by atoms with Crippen LogP contribution < -0.4 is 5.32 Å². The van der Waals surface area contributed by atoms with Crippen molar-refractivity contribution < 1.29 is 4.79 Å². The van der Waals surface area contributed by atoms with Gasteiger partial charge in [-0.25, -0.2) is 0 Å². The van der Waals surface area contributed by atoms with E-state index in [2.05, 4.69) is 26.2 Å². The number of carbonyl (C=O) groups excluding carboxylic acids is 1. The van der Waals surface area contributed by atoms with Gasteiger partial charge < -0.3 is 9.88 Å². The Bertz CT molecular complexity index is 671. The zero-order chi connectivity index (χ0) is 17.5. The summed E-state index contributed by atoms with van der Waals surface area (Å²) in [5, 5.41) is 21.5. The van der Waals surface area contributed by atoms with Crippen molar-refractivity contribution in [3.63, 3.8) is 0 Å². The topological polar surface area (TPSA) is 83.6 Å². The zero-order valence-corrected chi connectivity index (χ0v) is 15.6. The van der Waals surface area contributed by atoms with Crippen molar-refractivity contribution >= 4 is 17.7 Å². The third-order valence-corrected chi connectivity index (χ3v) is 6.02. The molecule has 1 amide bonds. The predicted molar refractivity (Wildman–Crippen MR) is 92.6 cm³/mol. The highest BCUT2D eigenvalue weighted by molar-refractivity contribution is 8.00. The second-order valence-corrected chi connectivity index (χ2v) is 8.74. The van der Waals surface area contributed by atoms with Crippen LogP contribution in [0.2, 0.25) is 0 Å². The Morgan fingerprint density at radius 1 is 1.33 bits per heavy atom. The Morgan fingerprint density at radius 3 is 2.50 bits per heavy atom. The second kappa shape index (κ2) is 6.40. The maximum absolute atomic E-state index is 12.5. The highest BCUT2D eigenvalue weighted by Gasteiger charge is 2.37. The predicted octanol–water partition coefficient (Wildman–Crippen LogP) is 3.03. The summed E-state index contributed by atoms with van der Waals surface area (Å²) in [7, 11) is 0. The first-order valence-corrected chi connectivity index (χ1v) is 9.58. The summed E-state index contributed by atoms with van der Waals surface area (Å²) in [6, 6.07) is 2.73. The Balaban J connectivity index is 1.70. The molecule has 1 heterocycles. The van der Waals surface area contributed by atoms with Crippen molar-refractivity contribution in [1.82, 2.24) is 20.1 Å². The number of carbonyl (C=O) groups is 1. The molecule has 7 heteroatoms. The summed E-state index contributed by atoms with van der Waals surface area (Å²) < 4.78 is 2.25. The van der Waals surface area contributed by atoms with Gasteiger partial charge in [-0.15, -0.1) is 10.2 Å². The molecule has 2 atom stereocenters. The van der Waals surface area contributed by atoms with Gasteiger partial charge >= 0.3 is 0 Å². The first-order valence-electron chi connectivity index (χ1n) is 8.70. The van der Waals surface area contributed by atoms with E-state index in [9.17, 15) is 10.1 Å². The average Bonchev–Trinajstić information content (AvgIpc) is 3.46. The lowest BCUT2D eigenvalue weighted by Crippen LogP contribution is -2.51. The lowest BCUT2D eigenvalue weighted by atomic mass is 9.90. The van der Waals surface area contributed by atoms with Crippen molar-refractivity contribution in [2.75, 3.05) is 0 Å². The molecule has 2 aliphatic rings. The molecular formula is C17H25N5OS. The number of hydrogen-bond donors (Lipinski definition) is 1. The number of aromatic nitrogens is 3.